The zero-order chi connectivity index (χ0) is 14.9. The van der Waals surface area contributed by atoms with E-state index in [1.807, 2.05) is 24.6 Å². The van der Waals surface area contributed by atoms with E-state index < -0.39 is 6.10 Å². The molecule has 2 rings (SSSR count). The number of halogens is 3. The molecule has 108 valence electrons. The van der Waals surface area contributed by atoms with E-state index in [1.165, 1.54) is 0 Å². The van der Waals surface area contributed by atoms with Gasteiger partial charge in [-0.3, -0.25) is 4.68 Å². The third kappa shape index (κ3) is 3.27. The smallest absolute Gasteiger partial charge is 0.0856 e. The van der Waals surface area contributed by atoms with E-state index in [-0.39, 0.29) is 0 Å². The molecule has 1 aromatic heterocycles. The summed E-state index contributed by atoms with van der Waals surface area (Å²) in [6.45, 7) is 4.76. The monoisotopic (exact) mass is 420 g/mol. The van der Waals surface area contributed by atoms with Crippen LogP contribution in [-0.2, 0) is 13.0 Å². The van der Waals surface area contributed by atoms with Crippen molar-refractivity contribution in [2.24, 2.45) is 0 Å². The Kier molecular flexibility index (Phi) is 5.29. The summed E-state index contributed by atoms with van der Waals surface area (Å²) in [6, 6.07) is 5.41. The second-order valence-corrected chi connectivity index (χ2v) is 6.63. The Labute approximate surface area is 140 Å². The van der Waals surface area contributed by atoms with Crippen LogP contribution in [-0.4, -0.2) is 14.9 Å². The summed E-state index contributed by atoms with van der Waals surface area (Å²) < 4.78 is 3.68. The molecule has 20 heavy (non-hydrogen) atoms. The molecule has 6 heteroatoms. The molecule has 0 fully saturated rings. The Morgan fingerprint density at radius 1 is 1.40 bits per heavy atom. The van der Waals surface area contributed by atoms with Gasteiger partial charge in [0.25, 0.3) is 0 Å². The van der Waals surface area contributed by atoms with Crippen LogP contribution in [0.3, 0.4) is 0 Å². The van der Waals surface area contributed by atoms with Crippen LogP contribution in [0, 0.1) is 6.92 Å². The molecule has 0 aliphatic heterocycles. The number of benzene rings is 1. The molecule has 3 nitrogen and oxygen atoms in total. The van der Waals surface area contributed by atoms with Crippen LogP contribution < -0.4 is 0 Å². The van der Waals surface area contributed by atoms with Gasteiger partial charge in [0.2, 0.25) is 0 Å². The first-order valence-corrected chi connectivity index (χ1v) is 8.25. The van der Waals surface area contributed by atoms with Crippen LogP contribution in [0.1, 0.15) is 30.0 Å². The van der Waals surface area contributed by atoms with Gasteiger partial charge in [-0.25, -0.2) is 0 Å². The van der Waals surface area contributed by atoms with Crippen molar-refractivity contribution in [1.29, 1.82) is 0 Å². The molecule has 0 saturated carbocycles. The molecule has 2 aromatic rings. The van der Waals surface area contributed by atoms with Crippen molar-refractivity contribution >= 4 is 43.5 Å². The van der Waals surface area contributed by atoms with E-state index in [9.17, 15) is 5.11 Å². The normalized spacial score (nSPS) is 12.7. The minimum atomic E-state index is -0.612. The van der Waals surface area contributed by atoms with Crippen molar-refractivity contribution in [3.8, 4) is 0 Å². The van der Waals surface area contributed by atoms with Crippen molar-refractivity contribution in [2.75, 3.05) is 0 Å². The van der Waals surface area contributed by atoms with Crippen molar-refractivity contribution in [3.05, 3.63) is 49.1 Å². The fraction of sp³-hybridized carbons (Fsp3) is 0.357. The van der Waals surface area contributed by atoms with Crippen molar-refractivity contribution in [3.63, 3.8) is 0 Å². The molecule has 1 aromatic carbocycles. The Morgan fingerprint density at radius 2 is 2.10 bits per heavy atom. The van der Waals surface area contributed by atoms with Crippen molar-refractivity contribution < 1.29 is 5.11 Å². The predicted octanol–water partition coefficient (Wildman–Crippen LogP) is 4.67. The molecule has 0 bridgehead atoms. The molecule has 1 heterocycles. The highest BCUT2D eigenvalue weighted by Gasteiger charge is 2.19. The zero-order valence-corrected chi connectivity index (χ0v) is 15.1. The average Bonchev–Trinajstić information content (AvgIpc) is 2.66. The molecular weight excluding hydrogens is 407 g/mol. The molecule has 1 N–H and O–H groups in total. The van der Waals surface area contributed by atoms with E-state index >= 15 is 0 Å². The molecular formula is C14H15Br2ClN2O. The van der Waals surface area contributed by atoms with Gasteiger partial charge >= 0.3 is 0 Å². The summed E-state index contributed by atoms with van der Waals surface area (Å²) in [5.41, 5.74) is 2.76. The number of rotatable bonds is 4. The molecule has 0 aliphatic rings. The lowest BCUT2D eigenvalue weighted by molar-refractivity contribution is 0.174. The molecule has 1 atom stereocenters. The Hall–Kier alpha value is -0.360. The quantitative estimate of drug-likeness (QED) is 0.778. The van der Waals surface area contributed by atoms with Gasteiger partial charge in [-0.15, -0.1) is 0 Å². The predicted molar refractivity (Wildman–Crippen MR) is 88.2 cm³/mol. The van der Waals surface area contributed by atoms with Gasteiger partial charge in [-0.2, -0.15) is 5.10 Å². The van der Waals surface area contributed by atoms with Gasteiger partial charge in [0.15, 0.2) is 0 Å². The van der Waals surface area contributed by atoms with E-state index in [0.29, 0.717) is 11.4 Å². The van der Waals surface area contributed by atoms with Crippen LogP contribution >= 0.6 is 43.5 Å². The third-order valence-electron chi connectivity index (χ3n) is 3.16. The standard InChI is InChI=1S/C14H15Br2ClN2O/c1-3-19-12(14(16)8(2)18-19)7-13(20)10-5-4-9(17)6-11(10)15/h4-6,13,20H,3,7H2,1-2H3. The minimum absolute atomic E-state index is 0.496. The van der Waals surface area contributed by atoms with Crippen LogP contribution in [0.4, 0.5) is 0 Å². The van der Waals surface area contributed by atoms with E-state index in [0.717, 1.165) is 32.4 Å². The Bertz CT molecular complexity index is 628. The topological polar surface area (TPSA) is 38.0 Å². The van der Waals surface area contributed by atoms with Crippen LogP contribution in [0.25, 0.3) is 0 Å². The number of aliphatic hydroxyl groups is 1. The second-order valence-electron chi connectivity index (χ2n) is 4.55. The van der Waals surface area contributed by atoms with Gasteiger partial charge in [0.1, 0.15) is 0 Å². The highest BCUT2D eigenvalue weighted by molar-refractivity contribution is 9.10. The second kappa shape index (κ2) is 6.60. The maximum Gasteiger partial charge on any atom is 0.0856 e. The molecule has 0 spiro atoms. The largest absolute Gasteiger partial charge is 0.388 e. The maximum absolute atomic E-state index is 10.5. The zero-order valence-electron chi connectivity index (χ0n) is 11.2. The van der Waals surface area contributed by atoms with E-state index in [2.05, 4.69) is 37.0 Å². The maximum atomic E-state index is 10.5. The molecule has 0 aliphatic carbocycles. The van der Waals surface area contributed by atoms with E-state index in [4.69, 9.17) is 11.6 Å². The van der Waals surface area contributed by atoms with E-state index in [1.54, 1.807) is 12.1 Å². The number of aromatic nitrogens is 2. The Morgan fingerprint density at radius 3 is 2.70 bits per heavy atom. The number of hydrogen-bond acceptors (Lipinski definition) is 2. The van der Waals surface area contributed by atoms with Crippen molar-refractivity contribution in [2.45, 2.75) is 32.9 Å². The van der Waals surface area contributed by atoms with Gasteiger partial charge in [0, 0.05) is 22.5 Å². The lowest BCUT2D eigenvalue weighted by Gasteiger charge is -2.14. The third-order valence-corrected chi connectivity index (χ3v) is 5.11. The number of aliphatic hydroxyl groups excluding tert-OH is 1. The fourth-order valence-corrected chi connectivity index (χ4v) is 3.52. The molecule has 0 saturated heterocycles. The SMILES string of the molecule is CCn1nc(C)c(Br)c1CC(O)c1ccc(Cl)cc1Br. The summed E-state index contributed by atoms with van der Waals surface area (Å²) in [6.07, 6.45) is -0.116. The molecule has 0 amide bonds. The van der Waals surface area contributed by atoms with Gasteiger partial charge < -0.3 is 5.11 Å². The lowest BCUT2D eigenvalue weighted by Crippen LogP contribution is -2.09. The average molecular weight is 423 g/mol. The minimum Gasteiger partial charge on any atom is -0.388 e. The molecule has 1 unspecified atom stereocenters. The summed E-state index contributed by atoms with van der Waals surface area (Å²) in [5.74, 6) is 0. The van der Waals surface area contributed by atoms with Gasteiger partial charge in [0.05, 0.1) is 22.0 Å². The summed E-state index contributed by atoms with van der Waals surface area (Å²) >= 11 is 12.9. The highest BCUT2D eigenvalue weighted by Crippen LogP contribution is 2.31. The lowest BCUT2D eigenvalue weighted by atomic mass is 10.0. The summed E-state index contributed by atoms with van der Waals surface area (Å²) in [4.78, 5) is 0. The van der Waals surface area contributed by atoms with Crippen LogP contribution in [0.5, 0.6) is 0 Å². The first-order valence-electron chi connectivity index (χ1n) is 6.28. The number of nitrogens with zero attached hydrogens (tertiary/aromatic N) is 2. The van der Waals surface area contributed by atoms with Crippen LogP contribution in [0.2, 0.25) is 5.02 Å². The first kappa shape index (κ1) is 16.0. The fourth-order valence-electron chi connectivity index (χ4n) is 2.13. The summed E-state index contributed by atoms with van der Waals surface area (Å²) in [7, 11) is 0. The van der Waals surface area contributed by atoms with Gasteiger partial charge in [-0.05, 0) is 47.5 Å². The van der Waals surface area contributed by atoms with Gasteiger partial charge in [-0.1, -0.05) is 33.6 Å². The first-order chi connectivity index (χ1) is 9.43. The Balaban J connectivity index is 2.30. The summed E-state index contributed by atoms with van der Waals surface area (Å²) in [5, 5.41) is 15.5. The highest BCUT2D eigenvalue weighted by atomic mass is 79.9. The van der Waals surface area contributed by atoms with Crippen molar-refractivity contribution in [1.82, 2.24) is 9.78 Å². The number of hydrogen-bond donors (Lipinski definition) is 1. The number of aryl methyl sites for hydroxylation is 2. The van der Waals surface area contributed by atoms with Crippen LogP contribution in [0.15, 0.2) is 27.1 Å². The molecule has 0 radical (unpaired) electrons.